The number of nitrogens with one attached hydrogen (secondary N) is 1. The van der Waals surface area contributed by atoms with E-state index in [1.165, 1.54) is 4.90 Å². The van der Waals surface area contributed by atoms with Crippen molar-refractivity contribution in [3.8, 4) is 5.75 Å². The van der Waals surface area contributed by atoms with Crippen LogP contribution in [0.15, 0.2) is 48.5 Å². The maximum Gasteiger partial charge on any atom is 0.410 e. The second kappa shape index (κ2) is 8.43. The van der Waals surface area contributed by atoms with E-state index in [9.17, 15) is 9.59 Å². The highest BCUT2D eigenvalue weighted by molar-refractivity contribution is 5.94. The molecule has 8 heteroatoms. The Kier molecular flexibility index (Phi) is 5.78. The lowest BCUT2D eigenvalue weighted by Crippen LogP contribution is -2.38. The van der Waals surface area contributed by atoms with Crippen molar-refractivity contribution in [3.63, 3.8) is 0 Å². The van der Waals surface area contributed by atoms with E-state index in [1.807, 2.05) is 36.4 Å². The van der Waals surface area contributed by atoms with E-state index in [-0.39, 0.29) is 25.0 Å². The Balaban J connectivity index is 1.55. The third-order valence-electron chi connectivity index (χ3n) is 4.45. The van der Waals surface area contributed by atoms with Crippen LogP contribution in [-0.2, 0) is 22.6 Å². The fraction of sp³-hybridized carbons (Fsp3) is 0.250. The largest absolute Gasteiger partial charge is 0.489 e. The molecule has 3 rings (SSSR count). The van der Waals surface area contributed by atoms with Crippen molar-refractivity contribution in [1.82, 2.24) is 4.90 Å². The summed E-state index contributed by atoms with van der Waals surface area (Å²) in [7, 11) is 0. The van der Waals surface area contributed by atoms with Gasteiger partial charge in [0.25, 0.3) is 0 Å². The molecule has 0 saturated carbocycles. The van der Waals surface area contributed by atoms with Gasteiger partial charge in [0.15, 0.2) is 0 Å². The molecule has 1 amide bonds. The predicted molar refractivity (Wildman–Crippen MR) is 101 cm³/mol. The average molecular weight is 383 g/mol. The molecule has 1 aliphatic heterocycles. The van der Waals surface area contributed by atoms with Gasteiger partial charge in [-0.15, -0.1) is 0 Å². The number of aliphatic carboxylic acids is 1. The molecule has 0 aromatic heterocycles. The Morgan fingerprint density at radius 3 is 2.43 bits per heavy atom. The van der Waals surface area contributed by atoms with E-state index in [2.05, 4.69) is 0 Å². The summed E-state index contributed by atoms with van der Waals surface area (Å²) in [6, 6.07) is 14.4. The Morgan fingerprint density at radius 2 is 1.82 bits per heavy atom. The molecule has 0 bridgehead atoms. The number of rotatable bonds is 8. The molecule has 4 N–H and O–H groups in total. The molecule has 1 aliphatic rings. The molecule has 28 heavy (non-hydrogen) atoms. The van der Waals surface area contributed by atoms with Crippen LogP contribution in [0.25, 0.3) is 0 Å². The number of carbonyl (C=O) groups is 2. The summed E-state index contributed by atoms with van der Waals surface area (Å²) in [5.74, 6) is -0.344. The van der Waals surface area contributed by atoms with Crippen molar-refractivity contribution >= 4 is 17.9 Å². The van der Waals surface area contributed by atoms with Gasteiger partial charge in [0.2, 0.25) is 0 Å². The summed E-state index contributed by atoms with van der Waals surface area (Å²) in [6.07, 6.45) is -0.0885. The minimum Gasteiger partial charge on any atom is -0.489 e. The summed E-state index contributed by atoms with van der Waals surface area (Å²) in [4.78, 5) is 23.8. The van der Waals surface area contributed by atoms with Gasteiger partial charge in [0, 0.05) is 5.56 Å². The van der Waals surface area contributed by atoms with Crippen LogP contribution in [0.1, 0.15) is 16.7 Å². The SMILES string of the molecule is N=C(N)c1ccc(COc2ccc(CC3COC(=O)N3CC(=O)O)cc2)cc1. The smallest absolute Gasteiger partial charge is 0.410 e. The third-order valence-corrected chi connectivity index (χ3v) is 4.45. The van der Waals surface area contributed by atoms with E-state index in [0.29, 0.717) is 24.3 Å². The number of nitrogens with two attached hydrogens (primary N) is 1. The van der Waals surface area contributed by atoms with Crippen LogP contribution in [0.5, 0.6) is 5.75 Å². The summed E-state index contributed by atoms with van der Waals surface area (Å²) < 4.78 is 10.7. The van der Waals surface area contributed by atoms with Gasteiger partial charge >= 0.3 is 12.1 Å². The number of amides is 1. The van der Waals surface area contributed by atoms with E-state index < -0.39 is 12.1 Å². The quantitative estimate of drug-likeness (QED) is 0.473. The number of nitrogens with zero attached hydrogens (tertiary/aromatic N) is 1. The van der Waals surface area contributed by atoms with Crippen LogP contribution in [0, 0.1) is 5.41 Å². The second-order valence-corrected chi connectivity index (χ2v) is 6.50. The molecule has 1 saturated heterocycles. The first-order chi connectivity index (χ1) is 13.4. The number of carbonyl (C=O) groups excluding carboxylic acids is 1. The molecule has 1 atom stereocenters. The Morgan fingerprint density at radius 1 is 1.18 bits per heavy atom. The molecular formula is C20H21N3O5. The lowest BCUT2D eigenvalue weighted by molar-refractivity contribution is -0.137. The van der Waals surface area contributed by atoms with Crippen molar-refractivity contribution in [2.24, 2.45) is 5.73 Å². The van der Waals surface area contributed by atoms with Gasteiger partial charge in [-0.05, 0) is 29.7 Å². The van der Waals surface area contributed by atoms with Crippen molar-refractivity contribution in [2.45, 2.75) is 19.1 Å². The molecule has 2 aromatic rings. The van der Waals surface area contributed by atoms with Crippen LogP contribution in [0.2, 0.25) is 0 Å². The zero-order valence-corrected chi connectivity index (χ0v) is 15.1. The molecule has 0 radical (unpaired) electrons. The number of hydrogen-bond donors (Lipinski definition) is 3. The number of hydrogen-bond acceptors (Lipinski definition) is 5. The number of ether oxygens (including phenoxy) is 2. The van der Waals surface area contributed by atoms with E-state index in [1.54, 1.807) is 12.1 Å². The summed E-state index contributed by atoms with van der Waals surface area (Å²) in [5, 5.41) is 16.3. The Bertz CT molecular complexity index is 864. The van der Waals surface area contributed by atoms with Crippen molar-refractivity contribution in [2.75, 3.05) is 13.2 Å². The molecule has 1 fully saturated rings. The van der Waals surface area contributed by atoms with Gasteiger partial charge < -0.3 is 20.3 Å². The number of carboxylic acid groups (broad SMARTS) is 1. The highest BCUT2D eigenvalue weighted by Gasteiger charge is 2.34. The highest BCUT2D eigenvalue weighted by Crippen LogP contribution is 2.20. The lowest BCUT2D eigenvalue weighted by Gasteiger charge is -2.19. The molecule has 1 unspecified atom stereocenters. The van der Waals surface area contributed by atoms with Gasteiger partial charge in [0.05, 0.1) is 6.04 Å². The summed E-state index contributed by atoms with van der Waals surface area (Å²) in [5.41, 5.74) is 8.01. The zero-order chi connectivity index (χ0) is 20.1. The van der Waals surface area contributed by atoms with Crippen LogP contribution < -0.4 is 10.5 Å². The number of cyclic esters (lactones) is 1. The van der Waals surface area contributed by atoms with Gasteiger partial charge in [-0.3, -0.25) is 15.1 Å². The number of amidine groups is 1. The summed E-state index contributed by atoms with van der Waals surface area (Å²) in [6.45, 7) is 0.197. The minimum absolute atomic E-state index is 0.0272. The van der Waals surface area contributed by atoms with Crippen LogP contribution in [0.3, 0.4) is 0 Å². The maximum atomic E-state index is 11.6. The van der Waals surface area contributed by atoms with E-state index in [4.69, 9.17) is 25.7 Å². The maximum absolute atomic E-state index is 11.6. The standard InChI is InChI=1S/C20H21N3O5/c21-19(22)15-5-1-14(2-6-15)11-27-17-7-3-13(4-8-17)9-16-12-28-20(26)23(16)10-18(24)25/h1-8,16H,9-12H2,(H3,21,22)(H,24,25). The first-order valence-corrected chi connectivity index (χ1v) is 8.72. The summed E-state index contributed by atoms with van der Waals surface area (Å²) >= 11 is 0. The van der Waals surface area contributed by atoms with Crippen molar-refractivity contribution < 1.29 is 24.2 Å². The topological polar surface area (TPSA) is 126 Å². The predicted octanol–water partition coefficient (Wildman–Crippen LogP) is 2.00. The average Bonchev–Trinajstić information content (AvgIpc) is 3.00. The molecule has 0 spiro atoms. The molecule has 1 heterocycles. The van der Waals surface area contributed by atoms with Crippen LogP contribution in [-0.4, -0.2) is 47.1 Å². The van der Waals surface area contributed by atoms with Crippen molar-refractivity contribution in [1.29, 1.82) is 5.41 Å². The van der Waals surface area contributed by atoms with Gasteiger partial charge in [0.1, 0.15) is 31.3 Å². The molecule has 2 aromatic carbocycles. The fourth-order valence-electron chi connectivity index (χ4n) is 2.94. The number of carboxylic acids is 1. The first kappa shape index (κ1) is 19.2. The molecule has 8 nitrogen and oxygen atoms in total. The van der Waals surface area contributed by atoms with Crippen LogP contribution >= 0.6 is 0 Å². The first-order valence-electron chi connectivity index (χ1n) is 8.72. The molecule has 146 valence electrons. The Hall–Kier alpha value is -3.55. The molecular weight excluding hydrogens is 362 g/mol. The van der Waals surface area contributed by atoms with Gasteiger partial charge in [-0.2, -0.15) is 0 Å². The monoisotopic (exact) mass is 383 g/mol. The van der Waals surface area contributed by atoms with E-state index in [0.717, 1.165) is 11.1 Å². The van der Waals surface area contributed by atoms with Gasteiger partial charge in [-0.25, -0.2) is 4.79 Å². The Labute approximate surface area is 162 Å². The van der Waals surface area contributed by atoms with Crippen LogP contribution in [0.4, 0.5) is 4.79 Å². The fourth-order valence-corrected chi connectivity index (χ4v) is 2.94. The molecule has 0 aliphatic carbocycles. The zero-order valence-electron chi connectivity index (χ0n) is 15.1. The minimum atomic E-state index is -1.07. The van der Waals surface area contributed by atoms with Gasteiger partial charge in [-0.1, -0.05) is 36.4 Å². The third kappa shape index (κ3) is 4.79. The van der Waals surface area contributed by atoms with Crippen molar-refractivity contribution in [3.05, 3.63) is 65.2 Å². The number of benzene rings is 2. The lowest BCUT2D eigenvalue weighted by atomic mass is 10.1. The second-order valence-electron chi connectivity index (χ2n) is 6.50. The van der Waals surface area contributed by atoms with E-state index >= 15 is 0 Å². The number of nitrogen functional groups attached to an aromatic ring is 1. The normalized spacial score (nSPS) is 15.9. The highest BCUT2D eigenvalue weighted by atomic mass is 16.6.